The molecule has 1 saturated heterocycles. The van der Waals surface area contributed by atoms with Gasteiger partial charge in [0.1, 0.15) is 18.0 Å². The van der Waals surface area contributed by atoms with Gasteiger partial charge in [0.25, 0.3) is 5.91 Å². The van der Waals surface area contributed by atoms with Crippen LogP contribution in [0, 0.1) is 0 Å². The number of anilines is 2. The van der Waals surface area contributed by atoms with Crippen LogP contribution < -0.4 is 10.2 Å². The Kier molecular flexibility index (Phi) is 4.36. The lowest BCUT2D eigenvalue weighted by atomic mass is 10.2. The molecule has 4 heterocycles. The lowest BCUT2D eigenvalue weighted by Crippen LogP contribution is -2.19. The molecule has 0 aliphatic carbocycles. The molecule has 1 amide bonds. The number of carbonyl (C=O) groups is 1. The van der Waals surface area contributed by atoms with Crippen LogP contribution in [0.25, 0.3) is 22.4 Å². The molecule has 1 fully saturated rings. The number of nitrogens with one attached hydrogen (secondary N) is 2. The second kappa shape index (κ2) is 7.31. The summed E-state index contributed by atoms with van der Waals surface area (Å²) in [5.74, 6) is 1.42. The first kappa shape index (κ1) is 17.3. The Balaban J connectivity index is 1.33. The van der Waals surface area contributed by atoms with Gasteiger partial charge in [-0.1, -0.05) is 0 Å². The van der Waals surface area contributed by atoms with Gasteiger partial charge in [0, 0.05) is 37.4 Å². The van der Waals surface area contributed by atoms with Crippen molar-refractivity contribution in [3.8, 4) is 11.4 Å². The van der Waals surface area contributed by atoms with Crippen molar-refractivity contribution < 1.29 is 4.79 Å². The Bertz CT molecular complexity index is 1150. The number of nitrogens with zero attached hydrogens (tertiary/aromatic N) is 5. The lowest BCUT2D eigenvalue weighted by Gasteiger charge is -2.16. The summed E-state index contributed by atoms with van der Waals surface area (Å²) in [5.41, 5.74) is 3.64. The number of fused-ring (bicyclic) bond motifs is 1. The SMILES string of the molecule is O=C(Nc1ccc2nc(-c3cncnc3)[nH]c2c1)c1ccc(N2CCCC2)nc1. The Morgan fingerprint density at radius 2 is 1.86 bits per heavy atom. The van der Waals surface area contributed by atoms with E-state index in [1.54, 1.807) is 18.6 Å². The highest BCUT2D eigenvalue weighted by Gasteiger charge is 2.15. The molecule has 1 aliphatic heterocycles. The van der Waals surface area contributed by atoms with Crippen molar-refractivity contribution in [2.45, 2.75) is 12.8 Å². The average molecular weight is 385 g/mol. The quantitative estimate of drug-likeness (QED) is 0.559. The Labute approximate surface area is 167 Å². The molecule has 0 atom stereocenters. The summed E-state index contributed by atoms with van der Waals surface area (Å²) < 4.78 is 0. The number of aromatic nitrogens is 5. The van der Waals surface area contributed by atoms with E-state index in [4.69, 9.17) is 0 Å². The number of pyridine rings is 1. The molecule has 2 N–H and O–H groups in total. The zero-order valence-corrected chi connectivity index (χ0v) is 15.7. The Morgan fingerprint density at radius 1 is 1.03 bits per heavy atom. The van der Waals surface area contributed by atoms with Crippen molar-refractivity contribution in [2.75, 3.05) is 23.3 Å². The van der Waals surface area contributed by atoms with E-state index in [1.807, 2.05) is 30.3 Å². The Morgan fingerprint density at radius 3 is 2.62 bits per heavy atom. The predicted octanol–water partition coefficient (Wildman–Crippen LogP) is 3.27. The molecule has 0 bridgehead atoms. The zero-order valence-electron chi connectivity index (χ0n) is 15.7. The highest BCUT2D eigenvalue weighted by atomic mass is 16.1. The molecule has 8 heteroatoms. The number of hydrogen-bond acceptors (Lipinski definition) is 6. The van der Waals surface area contributed by atoms with Gasteiger partial charge in [0.05, 0.1) is 22.2 Å². The number of H-pyrrole nitrogens is 1. The van der Waals surface area contributed by atoms with Gasteiger partial charge in [-0.25, -0.2) is 19.9 Å². The second-order valence-corrected chi connectivity index (χ2v) is 7.00. The van der Waals surface area contributed by atoms with Gasteiger partial charge >= 0.3 is 0 Å². The van der Waals surface area contributed by atoms with E-state index >= 15 is 0 Å². The lowest BCUT2D eigenvalue weighted by molar-refractivity contribution is 0.102. The molecular formula is C21H19N7O. The molecular weight excluding hydrogens is 366 g/mol. The molecule has 29 heavy (non-hydrogen) atoms. The molecule has 0 spiro atoms. The van der Waals surface area contributed by atoms with E-state index in [-0.39, 0.29) is 5.91 Å². The standard InChI is InChI=1S/C21H19N7O/c29-21(14-3-6-19(24-12-14)28-7-1-2-8-28)25-16-4-5-17-18(9-16)27-20(26-17)15-10-22-13-23-11-15/h3-6,9-13H,1-2,7-8H2,(H,25,29)(H,26,27). The number of hydrogen-bond donors (Lipinski definition) is 2. The maximum Gasteiger partial charge on any atom is 0.257 e. The van der Waals surface area contributed by atoms with E-state index in [2.05, 4.69) is 35.1 Å². The van der Waals surface area contributed by atoms with Crippen LogP contribution in [0.3, 0.4) is 0 Å². The minimum Gasteiger partial charge on any atom is -0.357 e. The van der Waals surface area contributed by atoms with Gasteiger partial charge in [0.15, 0.2) is 0 Å². The number of aromatic amines is 1. The molecule has 0 unspecified atom stereocenters. The predicted molar refractivity (Wildman–Crippen MR) is 111 cm³/mol. The van der Waals surface area contributed by atoms with Gasteiger partial charge in [0.2, 0.25) is 0 Å². The van der Waals surface area contributed by atoms with E-state index in [9.17, 15) is 4.79 Å². The summed E-state index contributed by atoms with van der Waals surface area (Å²) in [6, 6.07) is 9.28. The summed E-state index contributed by atoms with van der Waals surface area (Å²) in [6.07, 6.45) is 8.90. The minimum atomic E-state index is -0.193. The van der Waals surface area contributed by atoms with Crippen LogP contribution in [-0.4, -0.2) is 43.9 Å². The van der Waals surface area contributed by atoms with Crippen LogP contribution in [-0.2, 0) is 0 Å². The fourth-order valence-corrected chi connectivity index (χ4v) is 3.50. The zero-order chi connectivity index (χ0) is 19.6. The van der Waals surface area contributed by atoms with Gasteiger partial charge < -0.3 is 15.2 Å². The van der Waals surface area contributed by atoms with E-state index in [0.29, 0.717) is 17.1 Å². The summed E-state index contributed by atoms with van der Waals surface area (Å²) in [7, 11) is 0. The van der Waals surface area contributed by atoms with E-state index in [1.165, 1.54) is 19.2 Å². The van der Waals surface area contributed by atoms with Crippen LogP contribution >= 0.6 is 0 Å². The van der Waals surface area contributed by atoms with Crippen molar-refractivity contribution in [3.63, 3.8) is 0 Å². The van der Waals surface area contributed by atoms with Crippen molar-refractivity contribution in [3.05, 3.63) is 60.8 Å². The maximum absolute atomic E-state index is 12.6. The van der Waals surface area contributed by atoms with Crippen molar-refractivity contribution in [1.82, 2.24) is 24.9 Å². The number of amides is 1. The molecule has 1 aromatic carbocycles. The number of carbonyl (C=O) groups excluding carboxylic acids is 1. The Hall–Kier alpha value is -3.81. The third kappa shape index (κ3) is 3.52. The second-order valence-electron chi connectivity index (χ2n) is 7.00. The molecule has 3 aromatic heterocycles. The van der Waals surface area contributed by atoms with Crippen LogP contribution in [0.1, 0.15) is 23.2 Å². The monoisotopic (exact) mass is 385 g/mol. The van der Waals surface area contributed by atoms with Gasteiger partial charge in [-0.2, -0.15) is 0 Å². The topological polar surface area (TPSA) is 99.7 Å². The highest BCUT2D eigenvalue weighted by Crippen LogP contribution is 2.23. The van der Waals surface area contributed by atoms with Crippen molar-refractivity contribution >= 4 is 28.4 Å². The van der Waals surface area contributed by atoms with Gasteiger partial charge in [-0.3, -0.25) is 4.79 Å². The van der Waals surface area contributed by atoms with Crippen LogP contribution in [0.4, 0.5) is 11.5 Å². The number of imidazole rings is 1. The molecule has 8 nitrogen and oxygen atoms in total. The van der Waals surface area contributed by atoms with Crippen molar-refractivity contribution in [2.24, 2.45) is 0 Å². The normalized spacial score (nSPS) is 13.7. The summed E-state index contributed by atoms with van der Waals surface area (Å²) in [6.45, 7) is 2.06. The fraction of sp³-hybridized carbons (Fsp3) is 0.190. The third-order valence-corrected chi connectivity index (χ3v) is 5.01. The van der Waals surface area contributed by atoms with Crippen molar-refractivity contribution in [1.29, 1.82) is 0 Å². The third-order valence-electron chi connectivity index (χ3n) is 5.01. The molecule has 0 radical (unpaired) electrons. The van der Waals surface area contributed by atoms with Gasteiger partial charge in [-0.05, 0) is 43.2 Å². The average Bonchev–Trinajstić information content (AvgIpc) is 3.44. The van der Waals surface area contributed by atoms with E-state index < -0.39 is 0 Å². The molecule has 1 aliphatic rings. The maximum atomic E-state index is 12.6. The summed E-state index contributed by atoms with van der Waals surface area (Å²) >= 11 is 0. The minimum absolute atomic E-state index is 0.193. The molecule has 0 saturated carbocycles. The highest BCUT2D eigenvalue weighted by molar-refractivity contribution is 6.04. The van der Waals surface area contributed by atoms with Crippen LogP contribution in [0.2, 0.25) is 0 Å². The van der Waals surface area contributed by atoms with Gasteiger partial charge in [-0.15, -0.1) is 0 Å². The number of benzene rings is 1. The molecule has 4 aromatic rings. The number of rotatable bonds is 4. The smallest absolute Gasteiger partial charge is 0.257 e. The first-order chi connectivity index (χ1) is 14.3. The summed E-state index contributed by atoms with van der Waals surface area (Å²) in [5, 5.41) is 2.92. The van der Waals surface area contributed by atoms with Crippen LogP contribution in [0.15, 0.2) is 55.2 Å². The van der Waals surface area contributed by atoms with Crippen LogP contribution in [0.5, 0.6) is 0 Å². The van der Waals surface area contributed by atoms with E-state index in [0.717, 1.165) is 35.5 Å². The largest absolute Gasteiger partial charge is 0.357 e. The molecule has 5 rings (SSSR count). The molecule has 144 valence electrons. The first-order valence-electron chi connectivity index (χ1n) is 9.54. The first-order valence-corrected chi connectivity index (χ1v) is 9.54. The fourth-order valence-electron chi connectivity index (χ4n) is 3.50. The summed E-state index contributed by atoms with van der Waals surface area (Å²) in [4.78, 5) is 35.1.